The van der Waals surface area contributed by atoms with Gasteiger partial charge < -0.3 is 14.8 Å². The van der Waals surface area contributed by atoms with Gasteiger partial charge in [-0.25, -0.2) is 4.79 Å². The highest BCUT2D eigenvalue weighted by Crippen LogP contribution is 2.28. The summed E-state index contributed by atoms with van der Waals surface area (Å²) in [5.41, 5.74) is 0.860. The Morgan fingerprint density at radius 3 is 2.68 bits per heavy atom. The quantitative estimate of drug-likeness (QED) is 0.776. The molecule has 0 saturated heterocycles. The van der Waals surface area contributed by atoms with E-state index in [4.69, 9.17) is 9.47 Å². The van der Waals surface area contributed by atoms with Crippen LogP contribution >= 0.6 is 15.9 Å². The second-order valence-corrected chi connectivity index (χ2v) is 4.94. The van der Waals surface area contributed by atoms with Gasteiger partial charge in [0.05, 0.1) is 18.2 Å². The third-order valence-corrected chi connectivity index (χ3v) is 3.26. The van der Waals surface area contributed by atoms with Crippen LogP contribution in [-0.2, 0) is 9.53 Å². The van der Waals surface area contributed by atoms with Gasteiger partial charge in [0.15, 0.2) is 0 Å². The zero-order valence-electron chi connectivity index (χ0n) is 11.5. The van der Waals surface area contributed by atoms with Gasteiger partial charge in [0.25, 0.3) is 0 Å². The average Bonchev–Trinajstić information content (AvgIpc) is 2.39. The first-order valence-electron chi connectivity index (χ1n) is 6.39. The van der Waals surface area contributed by atoms with Crippen molar-refractivity contribution < 1.29 is 14.3 Å². The van der Waals surface area contributed by atoms with Crippen LogP contribution in [0, 0.1) is 0 Å². The van der Waals surface area contributed by atoms with Crippen molar-refractivity contribution in [3.05, 3.63) is 22.7 Å². The minimum Gasteiger partial charge on any atom is -0.496 e. The van der Waals surface area contributed by atoms with Crippen molar-refractivity contribution in [3.63, 3.8) is 0 Å². The fourth-order valence-electron chi connectivity index (χ4n) is 1.74. The molecule has 1 atom stereocenters. The molecular weight excluding hydrogens is 310 g/mol. The number of hydrogen-bond donors (Lipinski definition) is 1. The van der Waals surface area contributed by atoms with Gasteiger partial charge in [0.2, 0.25) is 0 Å². The van der Waals surface area contributed by atoms with Gasteiger partial charge in [-0.15, -0.1) is 0 Å². The minimum absolute atomic E-state index is 0.212. The lowest BCUT2D eigenvalue weighted by Gasteiger charge is -2.18. The number of hydrogen-bond acceptors (Lipinski definition) is 4. The number of carbonyl (C=O) groups excluding carboxylic acids is 1. The normalized spacial score (nSPS) is 11.8. The van der Waals surface area contributed by atoms with E-state index in [0.717, 1.165) is 28.8 Å². The summed E-state index contributed by atoms with van der Waals surface area (Å²) >= 11 is 3.42. The first kappa shape index (κ1) is 15.8. The van der Waals surface area contributed by atoms with E-state index < -0.39 is 0 Å². The topological polar surface area (TPSA) is 47.6 Å². The molecule has 4 nitrogen and oxygen atoms in total. The number of nitrogens with one attached hydrogen (secondary N) is 1. The molecule has 0 fully saturated rings. The Bertz CT molecular complexity index is 423. The molecule has 0 heterocycles. The van der Waals surface area contributed by atoms with E-state index in [1.54, 1.807) is 7.11 Å². The van der Waals surface area contributed by atoms with E-state index in [0.29, 0.717) is 6.61 Å². The lowest BCUT2D eigenvalue weighted by molar-refractivity contribution is -0.144. The lowest BCUT2D eigenvalue weighted by atomic mass is 10.1. The zero-order valence-corrected chi connectivity index (χ0v) is 13.1. The number of methoxy groups -OCH3 is 1. The molecule has 0 bridgehead atoms. The Hall–Kier alpha value is -1.23. The molecule has 0 radical (unpaired) electrons. The molecule has 0 aliphatic rings. The van der Waals surface area contributed by atoms with Crippen LogP contribution in [0.25, 0.3) is 0 Å². The third-order valence-electron chi connectivity index (χ3n) is 2.64. The number of halogens is 1. The fraction of sp³-hybridized carbons (Fsp3) is 0.500. The van der Waals surface area contributed by atoms with Gasteiger partial charge in [0, 0.05) is 5.69 Å². The summed E-state index contributed by atoms with van der Waals surface area (Å²) in [7, 11) is 1.62. The second kappa shape index (κ2) is 8.04. The molecule has 0 spiro atoms. The molecule has 1 rings (SSSR count). The number of esters is 1. The standard InChI is InChI=1S/C14H20BrNO3/c1-4-6-12(14(17)19-5-2)16-10-7-8-13(18-3)11(15)9-10/h7-9,12,16H,4-6H2,1-3H3. The first-order chi connectivity index (χ1) is 9.12. The summed E-state index contributed by atoms with van der Waals surface area (Å²) in [5.74, 6) is 0.546. The minimum atomic E-state index is -0.315. The monoisotopic (exact) mass is 329 g/mol. The van der Waals surface area contributed by atoms with E-state index in [-0.39, 0.29) is 12.0 Å². The van der Waals surface area contributed by atoms with E-state index in [1.165, 1.54) is 0 Å². The molecule has 1 aromatic rings. The third kappa shape index (κ3) is 4.74. The molecule has 0 aliphatic carbocycles. The molecule has 0 saturated carbocycles. The molecule has 1 unspecified atom stereocenters. The van der Waals surface area contributed by atoms with Crippen molar-refractivity contribution in [1.82, 2.24) is 0 Å². The summed E-state index contributed by atoms with van der Waals surface area (Å²) in [6, 6.07) is 5.30. The van der Waals surface area contributed by atoms with Gasteiger partial charge in [-0.3, -0.25) is 0 Å². The Balaban J connectivity index is 2.78. The smallest absolute Gasteiger partial charge is 0.328 e. The maximum absolute atomic E-state index is 11.8. The maximum atomic E-state index is 11.8. The van der Waals surface area contributed by atoms with E-state index in [1.807, 2.05) is 32.0 Å². The van der Waals surface area contributed by atoms with Crippen LogP contribution in [0.2, 0.25) is 0 Å². The second-order valence-electron chi connectivity index (χ2n) is 4.09. The van der Waals surface area contributed by atoms with E-state index in [2.05, 4.69) is 21.2 Å². The number of carbonyl (C=O) groups is 1. The summed E-state index contributed by atoms with van der Waals surface area (Å²) in [6.07, 6.45) is 1.65. The maximum Gasteiger partial charge on any atom is 0.328 e. The van der Waals surface area contributed by atoms with Crippen molar-refractivity contribution in [1.29, 1.82) is 0 Å². The highest BCUT2D eigenvalue weighted by molar-refractivity contribution is 9.10. The summed E-state index contributed by atoms with van der Waals surface area (Å²) in [6.45, 7) is 4.25. The molecule has 0 aliphatic heterocycles. The van der Waals surface area contributed by atoms with Gasteiger partial charge in [-0.1, -0.05) is 13.3 Å². The van der Waals surface area contributed by atoms with Crippen LogP contribution in [0.4, 0.5) is 5.69 Å². The Morgan fingerprint density at radius 1 is 1.42 bits per heavy atom. The van der Waals surface area contributed by atoms with Crippen LogP contribution < -0.4 is 10.1 Å². The van der Waals surface area contributed by atoms with Crippen molar-refractivity contribution in [2.45, 2.75) is 32.7 Å². The van der Waals surface area contributed by atoms with Crippen molar-refractivity contribution in [3.8, 4) is 5.75 Å². The lowest BCUT2D eigenvalue weighted by Crippen LogP contribution is -2.31. The molecule has 1 N–H and O–H groups in total. The fourth-order valence-corrected chi connectivity index (χ4v) is 2.28. The predicted molar refractivity (Wildman–Crippen MR) is 79.6 cm³/mol. The SMILES string of the molecule is CCCC(Nc1ccc(OC)c(Br)c1)C(=O)OCC. The largest absolute Gasteiger partial charge is 0.496 e. The summed E-state index contributed by atoms with van der Waals surface area (Å²) in [5, 5.41) is 3.20. The van der Waals surface area contributed by atoms with Gasteiger partial charge >= 0.3 is 5.97 Å². The highest BCUT2D eigenvalue weighted by Gasteiger charge is 2.18. The van der Waals surface area contributed by atoms with Crippen LogP contribution in [0.1, 0.15) is 26.7 Å². The zero-order chi connectivity index (χ0) is 14.3. The van der Waals surface area contributed by atoms with Crippen molar-refractivity contribution in [2.24, 2.45) is 0 Å². The van der Waals surface area contributed by atoms with Crippen molar-refractivity contribution >= 4 is 27.6 Å². The Kier molecular flexibility index (Phi) is 6.70. The first-order valence-corrected chi connectivity index (χ1v) is 7.18. The van der Waals surface area contributed by atoms with Crippen molar-refractivity contribution in [2.75, 3.05) is 19.0 Å². The van der Waals surface area contributed by atoms with Crippen LogP contribution in [-0.4, -0.2) is 25.7 Å². The number of anilines is 1. The van der Waals surface area contributed by atoms with Gasteiger partial charge in [-0.2, -0.15) is 0 Å². The van der Waals surface area contributed by atoms with Crippen LogP contribution in [0.15, 0.2) is 22.7 Å². The molecule has 0 amide bonds. The highest BCUT2D eigenvalue weighted by atomic mass is 79.9. The Morgan fingerprint density at radius 2 is 2.16 bits per heavy atom. The molecule has 5 heteroatoms. The number of rotatable bonds is 7. The number of ether oxygens (including phenoxy) is 2. The van der Waals surface area contributed by atoms with Crippen LogP contribution in [0.3, 0.4) is 0 Å². The van der Waals surface area contributed by atoms with Gasteiger partial charge in [-0.05, 0) is 47.5 Å². The molecule has 106 valence electrons. The van der Waals surface area contributed by atoms with E-state index >= 15 is 0 Å². The number of benzene rings is 1. The molecule has 19 heavy (non-hydrogen) atoms. The molecule has 1 aromatic carbocycles. The van der Waals surface area contributed by atoms with Gasteiger partial charge in [0.1, 0.15) is 11.8 Å². The summed E-state index contributed by atoms with van der Waals surface area (Å²) in [4.78, 5) is 11.8. The van der Waals surface area contributed by atoms with Crippen LogP contribution in [0.5, 0.6) is 5.75 Å². The summed E-state index contributed by atoms with van der Waals surface area (Å²) < 4.78 is 11.1. The molecular formula is C14H20BrNO3. The predicted octanol–water partition coefficient (Wildman–Crippen LogP) is 3.60. The van der Waals surface area contributed by atoms with E-state index in [9.17, 15) is 4.79 Å². The average molecular weight is 330 g/mol. The Labute approximate surface area is 122 Å². The molecule has 0 aromatic heterocycles.